The molecule has 0 fully saturated rings. The number of aromatic hydroxyl groups is 1. The molecule has 0 saturated heterocycles. The van der Waals surface area contributed by atoms with Crippen molar-refractivity contribution in [1.82, 2.24) is 0 Å². The zero-order chi connectivity index (χ0) is 8.55. The largest absolute Gasteiger partial charge is 0.508 e. The molecule has 1 aromatic rings. The van der Waals surface area contributed by atoms with Crippen LogP contribution in [0.4, 0.5) is 0 Å². The van der Waals surface area contributed by atoms with Crippen LogP contribution in [0.1, 0.15) is 17.2 Å². The molecule has 0 amide bonds. The third-order valence-electron chi connectivity index (χ3n) is 2.08. The van der Waals surface area contributed by atoms with E-state index in [1.54, 1.807) is 12.1 Å². The van der Waals surface area contributed by atoms with Gasteiger partial charge in [0, 0.05) is 0 Å². The standard InChI is InChI=1S/C9H11NO2/c10-9-5-12-4-6-3-7(11)1-2-8(6)9/h1-3,9,11H,4-5,10H2/t9-/m0/s1. The molecule has 0 aromatic heterocycles. The van der Waals surface area contributed by atoms with E-state index in [1.165, 1.54) is 0 Å². The first kappa shape index (κ1) is 7.58. The van der Waals surface area contributed by atoms with Gasteiger partial charge >= 0.3 is 0 Å². The lowest BCUT2D eigenvalue weighted by atomic mass is 9.99. The third kappa shape index (κ3) is 1.17. The summed E-state index contributed by atoms with van der Waals surface area (Å²) in [4.78, 5) is 0. The zero-order valence-electron chi connectivity index (χ0n) is 6.66. The van der Waals surface area contributed by atoms with Gasteiger partial charge in [0.05, 0.1) is 19.3 Å². The Hall–Kier alpha value is -1.06. The lowest BCUT2D eigenvalue weighted by Gasteiger charge is -2.22. The Morgan fingerprint density at radius 2 is 2.33 bits per heavy atom. The molecule has 3 N–H and O–H groups in total. The molecule has 0 unspecified atom stereocenters. The highest BCUT2D eigenvalue weighted by atomic mass is 16.5. The number of nitrogens with two attached hydrogens (primary N) is 1. The van der Waals surface area contributed by atoms with Crippen molar-refractivity contribution in [2.45, 2.75) is 12.6 Å². The number of benzene rings is 1. The number of phenols is 1. The van der Waals surface area contributed by atoms with Gasteiger partial charge in [-0.1, -0.05) is 6.07 Å². The van der Waals surface area contributed by atoms with Crippen molar-refractivity contribution in [2.24, 2.45) is 5.73 Å². The lowest BCUT2D eigenvalue weighted by Crippen LogP contribution is -2.23. The van der Waals surface area contributed by atoms with Gasteiger partial charge in [0.25, 0.3) is 0 Å². The molecule has 0 spiro atoms. The van der Waals surface area contributed by atoms with Crippen molar-refractivity contribution in [3.63, 3.8) is 0 Å². The number of hydrogen-bond donors (Lipinski definition) is 2. The van der Waals surface area contributed by atoms with E-state index < -0.39 is 0 Å². The normalized spacial score (nSPS) is 21.9. The van der Waals surface area contributed by atoms with Gasteiger partial charge in [0.2, 0.25) is 0 Å². The molecule has 2 rings (SSSR count). The van der Waals surface area contributed by atoms with E-state index >= 15 is 0 Å². The van der Waals surface area contributed by atoms with Crippen LogP contribution in [0.5, 0.6) is 5.75 Å². The molecule has 1 atom stereocenters. The molecule has 1 heterocycles. The van der Waals surface area contributed by atoms with Crippen LogP contribution in [0.15, 0.2) is 18.2 Å². The fourth-order valence-corrected chi connectivity index (χ4v) is 1.46. The van der Waals surface area contributed by atoms with Crippen molar-refractivity contribution in [3.8, 4) is 5.75 Å². The summed E-state index contributed by atoms with van der Waals surface area (Å²) >= 11 is 0. The summed E-state index contributed by atoms with van der Waals surface area (Å²) in [6.45, 7) is 1.12. The lowest BCUT2D eigenvalue weighted by molar-refractivity contribution is 0.0922. The number of rotatable bonds is 0. The molecule has 0 saturated carbocycles. The molecule has 3 heteroatoms. The minimum absolute atomic E-state index is 0.0469. The molecule has 0 aliphatic carbocycles. The summed E-state index contributed by atoms with van der Waals surface area (Å²) in [6.07, 6.45) is 0. The Labute approximate surface area is 70.8 Å². The molecule has 1 aliphatic rings. The molecule has 64 valence electrons. The SMILES string of the molecule is N[C@H]1COCc2cc(O)ccc21. The van der Waals surface area contributed by atoms with Crippen molar-refractivity contribution < 1.29 is 9.84 Å². The van der Waals surface area contributed by atoms with Gasteiger partial charge in [-0.3, -0.25) is 0 Å². The van der Waals surface area contributed by atoms with E-state index in [9.17, 15) is 5.11 Å². The van der Waals surface area contributed by atoms with E-state index in [-0.39, 0.29) is 11.8 Å². The average molecular weight is 165 g/mol. The minimum Gasteiger partial charge on any atom is -0.508 e. The first-order valence-corrected chi connectivity index (χ1v) is 3.92. The molecule has 0 bridgehead atoms. The monoisotopic (exact) mass is 165 g/mol. The maximum absolute atomic E-state index is 9.18. The Morgan fingerprint density at radius 3 is 3.17 bits per heavy atom. The van der Waals surface area contributed by atoms with Crippen LogP contribution in [0.25, 0.3) is 0 Å². The van der Waals surface area contributed by atoms with Crippen LogP contribution in [0.3, 0.4) is 0 Å². The van der Waals surface area contributed by atoms with Crippen molar-refractivity contribution >= 4 is 0 Å². The van der Waals surface area contributed by atoms with E-state index in [0.29, 0.717) is 13.2 Å². The first-order chi connectivity index (χ1) is 5.77. The van der Waals surface area contributed by atoms with Crippen LogP contribution in [-0.2, 0) is 11.3 Å². The summed E-state index contributed by atoms with van der Waals surface area (Å²) in [5, 5.41) is 9.18. The average Bonchev–Trinajstić information content (AvgIpc) is 2.04. The van der Waals surface area contributed by atoms with E-state index in [4.69, 9.17) is 10.5 Å². The fraction of sp³-hybridized carbons (Fsp3) is 0.333. The molecular formula is C9H11NO2. The van der Waals surface area contributed by atoms with Gasteiger partial charge in [0.15, 0.2) is 0 Å². The van der Waals surface area contributed by atoms with E-state index in [2.05, 4.69) is 0 Å². The predicted molar refractivity (Wildman–Crippen MR) is 44.7 cm³/mol. The third-order valence-corrected chi connectivity index (χ3v) is 2.08. The number of hydrogen-bond acceptors (Lipinski definition) is 3. The highest BCUT2D eigenvalue weighted by Crippen LogP contribution is 2.25. The second-order valence-corrected chi connectivity index (χ2v) is 3.00. The second kappa shape index (κ2) is 2.77. The Balaban J connectivity index is 2.46. The van der Waals surface area contributed by atoms with Crippen molar-refractivity contribution in [3.05, 3.63) is 29.3 Å². The highest BCUT2D eigenvalue weighted by molar-refractivity contribution is 5.37. The Kier molecular flexibility index (Phi) is 1.75. The number of phenolic OH excluding ortho intramolecular Hbond substituents is 1. The van der Waals surface area contributed by atoms with Crippen molar-refractivity contribution in [1.29, 1.82) is 0 Å². The quantitative estimate of drug-likeness (QED) is 0.601. The van der Waals surface area contributed by atoms with Gasteiger partial charge in [-0.15, -0.1) is 0 Å². The molecule has 0 radical (unpaired) electrons. The van der Waals surface area contributed by atoms with Gasteiger partial charge in [-0.2, -0.15) is 0 Å². The Bertz CT molecular complexity index is 299. The second-order valence-electron chi connectivity index (χ2n) is 3.00. The Morgan fingerprint density at radius 1 is 1.50 bits per heavy atom. The maximum atomic E-state index is 9.18. The van der Waals surface area contributed by atoms with Crippen LogP contribution in [0, 0.1) is 0 Å². The first-order valence-electron chi connectivity index (χ1n) is 3.92. The van der Waals surface area contributed by atoms with Crippen LogP contribution < -0.4 is 5.73 Å². The summed E-state index contributed by atoms with van der Waals surface area (Å²) in [5.74, 6) is 0.270. The van der Waals surface area contributed by atoms with Gasteiger partial charge in [-0.05, 0) is 23.3 Å². The van der Waals surface area contributed by atoms with Crippen LogP contribution >= 0.6 is 0 Å². The highest BCUT2D eigenvalue weighted by Gasteiger charge is 2.16. The molecule has 3 nitrogen and oxygen atoms in total. The molecule has 12 heavy (non-hydrogen) atoms. The van der Waals surface area contributed by atoms with Crippen LogP contribution in [0.2, 0.25) is 0 Å². The number of ether oxygens (including phenoxy) is 1. The topological polar surface area (TPSA) is 55.5 Å². The van der Waals surface area contributed by atoms with E-state index in [0.717, 1.165) is 11.1 Å². The fourth-order valence-electron chi connectivity index (χ4n) is 1.46. The molecule has 1 aliphatic heterocycles. The summed E-state index contributed by atoms with van der Waals surface area (Å²) in [6, 6.07) is 5.17. The predicted octanol–water partition coefficient (Wildman–Crippen LogP) is 0.922. The summed E-state index contributed by atoms with van der Waals surface area (Å²) in [7, 11) is 0. The number of fused-ring (bicyclic) bond motifs is 1. The van der Waals surface area contributed by atoms with Gasteiger partial charge < -0.3 is 15.6 Å². The summed E-state index contributed by atoms with van der Waals surface area (Å²) < 4.78 is 5.23. The van der Waals surface area contributed by atoms with Gasteiger partial charge in [0.1, 0.15) is 5.75 Å². The van der Waals surface area contributed by atoms with Gasteiger partial charge in [-0.25, -0.2) is 0 Å². The maximum Gasteiger partial charge on any atom is 0.115 e. The smallest absolute Gasteiger partial charge is 0.115 e. The molecule has 1 aromatic carbocycles. The van der Waals surface area contributed by atoms with E-state index in [1.807, 2.05) is 6.07 Å². The van der Waals surface area contributed by atoms with Crippen LogP contribution in [-0.4, -0.2) is 11.7 Å². The van der Waals surface area contributed by atoms with Crippen molar-refractivity contribution in [2.75, 3.05) is 6.61 Å². The molecular weight excluding hydrogens is 154 g/mol. The zero-order valence-corrected chi connectivity index (χ0v) is 6.66. The summed E-state index contributed by atoms with van der Waals surface area (Å²) in [5.41, 5.74) is 7.87. The minimum atomic E-state index is -0.0469.